The van der Waals surface area contributed by atoms with Crippen molar-refractivity contribution in [2.24, 2.45) is 0 Å². The zero-order chi connectivity index (χ0) is 23.8. The van der Waals surface area contributed by atoms with Crippen molar-refractivity contribution < 1.29 is 22.4 Å². The molecular weight excluding hydrogens is 488 g/mol. The van der Waals surface area contributed by atoms with Gasteiger partial charge in [-0.05, 0) is 48.3 Å². The Labute approximate surface area is 198 Å². The van der Waals surface area contributed by atoms with Crippen molar-refractivity contribution in [2.45, 2.75) is 4.90 Å². The Kier molecular flexibility index (Phi) is 5.80. The van der Waals surface area contributed by atoms with Gasteiger partial charge in [0.2, 0.25) is 5.78 Å². The molecule has 2 N–H and O–H groups in total. The van der Waals surface area contributed by atoms with Crippen molar-refractivity contribution in [1.82, 2.24) is 15.0 Å². The maximum absolute atomic E-state index is 15.2. The van der Waals surface area contributed by atoms with E-state index in [1.807, 2.05) is 5.38 Å². The minimum atomic E-state index is -1.16. The number of pyridine rings is 1. The summed E-state index contributed by atoms with van der Waals surface area (Å²) in [5, 5.41) is 2.19. The number of anilines is 1. The van der Waals surface area contributed by atoms with Gasteiger partial charge < -0.3 is 9.71 Å². The first-order valence-electron chi connectivity index (χ1n) is 9.68. The van der Waals surface area contributed by atoms with Crippen molar-refractivity contribution in [2.75, 3.05) is 4.72 Å². The quantitative estimate of drug-likeness (QED) is 0.156. The van der Waals surface area contributed by atoms with E-state index < -0.39 is 34.6 Å². The third-order valence-electron chi connectivity index (χ3n) is 4.99. The van der Waals surface area contributed by atoms with Gasteiger partial charge in [0.25, 0.3) is 0 Å². The number of aromatic amines is 1. The van der Waals surface area contributed by atoms with Crippen molar-refractivity contribution in [1.29, 1.82) is 0 Å². The van der Waals surface area contributed by atoms with Crippen LogP contribution in [0.3, 0.4) is 0 Å². The van der Waals surface area contributed by atoms with Crippen molar-refractivity contribution in [3.05, 3.63) is 94.1 Å². The van der Waals surface area contributed by atoms with E-state index in [1.165, 1.54) is 17.5 Å². The standard InChI is InChI=1S/C23H12F4N4OS2/c24-12-1-2-15(25)19(6-12)34-31-17-4-3-16(26)20(21(17)27)22(32)14-8-29-23-13(14)5-11(7-28-23)18-9-33-10-30-18/h1-10,31H,(H,28,29). The van der Waals surface area contributed by atoms with Crippen LogP contribution in [0.4, 0.5) is 23.2 Å². The highest BCUT2D eigenvalue weighted by molar-refractivity contribution is 8.00. The summed E-state index contributed by atoms with van der Waals surface area (Å²) in [6.07, 6.45) is 2.91. The molecule has 0 fully saturated rings. The minimum absolute atomic E-state index is 0.0263. The maximum atomic E-state index is 15.2. The molecule has 0 aliphatic heterocycles. The largest absolute Gasteiger partial charge is 0.345 e. The molecule has 11 heteroatoms. The molecule has 0 aliphatic rings. The second kappa shape index (κ2) is 8.92. The molecular formula is C23H12F4N4OS2. The van der Waals surface area contributed by atoms with E-state index in [2.05, 4.69) is 19.7 Å². The third kappa shape index (κ3) is 4.03. The van der Waals surface area contributed by atoms with E-state index >= 15 is 4.39 Å². The lowest BCUT2D eigenvalue weighted by atomic mass is 10.0. The Bertz CT molecular complexity index is 1540. The second-order valence-electron chi connectivity index (χ2n) is 7.09. The number of hydrogen-bond donors (Lipinski definition) is 2. The molecule has 5 nitrogen and oxygen atoms in total. The SMILES string of the molecule is O=C(c1c(F)ccc(NSc2cc(F)ccc2F)c1F)c1c[nH]c2ncc(-c3cscn3)cc12. The highest BCUT2D eigenvalue weighted by Gasteiger charge is 2.25. The minimum Gasteiger partial charge on any atom is -0.345 e. The maximum Gasteiger partial charge on any atom is 0.201 e. The number of carbonyl (C=O) groups excluding carboxylic acids is 1. The van der Waals surface area contributed by atoms with E-state index in [0.717, 1.165) is 30.3 Å². The molecule has 0 aliphatic carbocycles. The highest BCUT2D eigenvalue weighted by atomic mass is 32.2. The molecule has 5 aromatic rings. The van der Waals surface area contributed by atoms with Crippen LogP contribution in [0.2, 0.25) is 0 Å². The predicted octanol–water partition coefficient (Wildman–Crippen LogP) is 6.59. The number of hydrogen-bond acceptors (Lipinski definition) is 6. The molecule has 0 unspecified atom stereocenters. The normalized spacial score (nSPS) is 11.2. The van der Waals surface area contributed by atoms with Gasteiger partial charge in [0, 0.05) is 34.3 Å². The molecule has 34 heavy (non-hydrogen) atoms. The number of H-pyrrole nitrogens is 1. The van der Waals surface area contributed by atoms with Crippen LogP contribution in [-0.4, -0.2) is 20.7 Å². The smallest absolute Gasteiger partial charge is 0.201 e. The third-order valence-corrected chi connectivity index (χ3v) is 6.43. The summed E-state index contributed by atoms with van der Waals surface area (Å²) >= 11 is 1.99. The van der Waals surface area contributed by atoms with Gasteiger partial charge in [-0.25, -0.2) is 27.5 Å². The molecule has 0 radical (unpaired) electrons. The lowest BCUT2D eigenvalue weighted by Crippen LogP contribution is -2.09. The summed E-state index contributed by atoms with van der Waals surface area (Å²) in [5.74, 6) is -4.52. The average molecular weight is 501 g/mol. The molecule has 0 atom stereocenters. The first kappa shape index (κ1) is 22.1. The second-order valence-corrected chi connectivity index (χ2v) is 8.65. The van der Waals surface area contributed by atoms with Crippen molar-refractivity contribution in [3.8, 4) is 11.3 Å². The molecule has 0 spiro atoms. The van der Waals surface area contributed by atoms with Gasteiger partial charge in [0.05, 0.1) is 27.4 Å². The van der Waals surface area contributed by atoms with Crippen LogP contribution in [-0.2, 0) is 0 Å². The highest BCUT2D eigenvalue weighted by Crippen LogP contribution is 2.31. The number of benzene rings is 2. The fourth-order valence-electron chi connectivity index (χ4n) is 3.33. The topological polar surface area (TPSA) is 70.7 Å². The van der Waals surface area contributed by atoms with Crippen LogP contribution in [0, 0.1) is 23.3 Å². The Hall–Kier alpha value is -3.70. The molecule has 170 valence electrons. The number of thiazole rings is 1. The summed E-state index contributed by atoms with van der Waals surface area (Å²) in [5.41, 5.74) is 2.30. The molecule has 3 heterocycles. The summed E-state index contributed by atoms with van der Waals surface area (Å²) in [4.78, 5) is 24.4. The Morgan fingerprint density at radius 1 is 1.03 bits per heavy atom. The van der Waals surface area contributed by atoms with E-state index in [0.29, 0.717) is 34.2 Å². The van der Waals surface area contributed by atoms with Crippen LogP contribution in [0.25, 0.3) is 22.3 Å². The zero-order valence-electron chi connectivity index (χ0n) is 16.9. The number of ketones is 1. The number of halogens is 4. The Morgan fingerprint density at radius 3 is 2.65 bits per heavy atom. The van der Waals surface area contributed by atoms with Gasteiger partial charge in [0.1, 0.15) is 23.1 Å². The van der Waals surface area contributed by atoms with E-state index in [-0.39, 0.29) is 16.1 Å². The molecule has 5 rings (SSSR count). The molecule has 0 amide bonds. The number of nitrogens with zero attached hydrogens (tertiary/aromatic N) is 2. The fourth-order valence-corrected chi connectivity index (χ4v) is 4.60. The zero-order valence-corrected chi connectivity index (χ0v) is 18.5. The lowest BCUT2D eigenvalue weighted by molar-refractivity contribution is 0.103. The van der Waals surface area contributed by atoms with Crippen LogP contribution >= 0.6 is 23.3 Å². The van der Waals surface area contributed by atoms with Gasteiger partial charge in [-0.1, -0.05) is 0 Å². The monoisotopic (exact) mass is 500 g/mol. The molecule has 0 saturated carbocycles. The number of aromatic nitrogens is 3. The summed E-state index contributed by atoms with van der Waals surface area (Å²) in [7, 11) is 0. The van der Waals surface area contributed by atoms with E-state index in [4.69, 9.17) is 0 Å². The predicted molar refractivity (Wildman–Crippen MR) is 123 cm³/mol. The van der Waals surface area contributed by atoms with Gasteiger partial charge in [-0.3, -0.25) is 4.79 Å². The molecule has 0 saturated heterocycles. The van der Waals surface area contributed by atoms with E-state index in [9.17, 15) is 18.0 Å². The van der Waals surface area contributed by atoms with Crippen LogP contribution in [0.1, 0.15) is 15.9 Å². The van der Waals surface area contributed by atoms with Crippen LogP contribution in [0.5, 0.6) is 0 Å². The van der Waals surface area contributed by atoms with Crippen LogP contribution in [0.15, 0.2) is 64.6 Å². The van der Waals surface area contributed by atoms with Gasteiger partial charge in [-0.15, -0.1) is 11.3 Å². The number of carbonyl (C=O) groups is 1. The average Bonchev–Trinajstić information content (AvgIpc) is 3.50. The molecule has 0 bridgehead atoms. The summed E-state index contributed by atoms with van der Waals surface area (Å²) < 4.78 is 59.6. The summed E-state index contributed by atoms with van der Waals surface area (Å²) in [6, 6.07) is 6.48. The lowest BCUT2D eigenvalue weighted by Gasteiger charge is -2.11. The first-order chi connectivity index (χ1) is 16.4. The Morgan fingerprint density at radius 2 is 1.85 bits per heavy atom. The number of nitrogens with one attached hydrogen (secondary N) is 2. The van der Waals surface area contributed by atoms with E-state index in [1.54, 1.807) is 17.8 Å². The van der Waals surface area contributed by atoms with Gasteiger partial charge in [0.15, 0.2) is 5.82 Å². The summed E-state index contributed by atoms with van der Waals surface area (Å²) in [6.45, 7) is 0. The molecule has 3 aromatic heterocycles. The van der Waals surface area contributed by atoms with Gasteiger partial charge in [-0.2, -0.15) is 0 Å². The Balaban J connectivity index is 1.50. The first-order valence-corrected chi connectivity index (χ1v) is 11.4. The van der Waals surface area contributed by atoms with Gasteiger partial charge >= 0.3 is 0 Å². The van der Waals surface area contributed by atoms with Crippen molar-refractivity contribution in [3.63, 3.8) is 0 Å². The van der Waals surface area contributed by atoms with Crippen molar-refractivity contribution >= 4 is 45.8 Å². The number of fused-ring (bicyclic) bond motifs is 1. The number of rotatable bonds is 6. The molecule has 2 aromatic carbocycles. The fraction of sp³-hybridized carbons (Fsp3) is 0. The van der Waals surface area contributed by atoms with Crippen LogP contribution < -0.4 is 4.72 Å².